The number of carbonyl (C=O) groups excluding carboxylic acids is 1. The van der Waals surface area contributed by atoms with Gasteiger partial charge in [0.25, 0.3) is 0 Å². The number of carbonyl (C=O) groups is 1. The van der Waals surface area contributed by atoms with E-state index in [-0.39, 0.29) is 18.0 Å². The predicted molar refractivity (Wildman–Crippen MR) is 59.0 cm³/mol. The van der Waals surface area contributed by atoms with Crippen molar-refractivity contribution >= 4 is 5.91 Å². The molecule has 1 fully saturated rings. The highest BCUT2D eigenvalue weighted by atomic mass is 16.1. The summed E-state index contributed by atoms with van der Waals surface area (Å²) in [6.07, 6.45) is 3.52. The van der Waals surface area contributed by atoms with Crippen LogP contribution in [0.15, 0.2) is 24.5 Å². The number of nitrogens with one attached hydrogen (secondary N) is 3. The molecule has 1 aliphatic heterocycles. The largest absolute Gasteiger partial charge is 0.368 e. The molecule has 6 heteroatoms. The fourth-order valence-electron chi connectivity index (χ4n) is 1.71. The molecule has 2 rings (SSSR count). The molecule has 2 heterocycles. The quantitative estimate of drug-likeness (QED) is 0.497. The van der Waals surface area contributed by atoms with Crippen LogP contribution in [0, 0.1) is 0 Å². The lowest BCUT2D eigenvalue weighted by atomic mass is 10.1. The molecule has 1 aromatic heterocycles. The summed E-state index contributed by atoms with van der Waals surface area (Å²) in [5.41, 5.74) is 12.1. The summed E-state index contributed by atoms with van der Waals surface area (Å²) in [6, 6.07) is 3.51. The van der Waals surface area contributed by atoms with Crippen LogP contribution >= 0.6 is 0 Å². The first kappa shape index (κ1) is 11.0. The Morgan fingerprint density at radius 2 is 2.56 bits per heavy atom. The molecule has 86 valence electrons. The molecule has 1 amide bonds. The zero-order chi connectivity index (χ0) is 11.4. The van der Waals surface area contributed by atoms with E-state index >= 15 is 0 Å². The van der Waals surface area contributed by atoms with Crippen molar-refractivity contribution in [3.63, 3.8) is 0 Å². The van der Waals surface area contributed by atoms with E-state index in [1.807, 2.05) is 12.1 Å². The molecule has 6 nitrogen and oxygen atoms in total. The van der Waals surface area contributed by atoms with Crippen molar-refractivity contribution in [2.45, 2.75) is 18.6 Å². The Morgan fingerprint density at radius 3 is 3.25 bits per heavy atom. The van der Waals surface area contributed by atoms with E-state index in [0.29, 0.717) is 13.1 Å². The normalized spacial score (nSPS) is 24.5. The molecule has 2 unspecified atom stereocenters. The summed E-state index contributed by atoms with van der Waals surface area (Å²) in [5.74, 6) is -0.353. The van der Waals surface area contributed by atoms with Gasteiger partial charge in [0.15, 0.2) is 0 Å². The van der Waals surface area contributed by atoms with Gasteiger partial charge in [-0.05, 0) is 11.6 Å². The molecular formula is C10H15N5O. The van der Waals surface area contributed by atoms with Crippen molar-refractivity contribution in [3.05, 3.63) is 30.1 Å². The smallest absolute Gasteiger partial charge is 0.237 e. The average Bonchev–Trinajstić information content (AvgIpc) is 2.76. The lowest BCUT2D eigenvalue weighted by Crippen LogP contribution is -2.49. The first-order valence-electron chi connectivity index (χ1n) is 5.17. The van der Waals surface area contributed by atoms with Gasteiger partial charge in [0.05, 0.1) is 0 Å². The summed E-state index contributed by atoms with van der Waals surface area (Å²) >= 11 is 0. The van der Waals surface area contributed by atoms with E-state index in [1.165, 1.54) is 0 Å². The second kappa shape index (κ2) is 5.02. The van der Waals surface area contributed by atoms with E-state index in [2.05, 4.69) is 21.2 Å². The zero-order valence-electron chi connectivity index (χ0n) is 8.81. The molecule has 0 bridgehead atoms. The fourth-order valence-corrected chi connectivity index (χ4v) is 1.71. The molecule has 0 aromatic carbocycles. The second-order valence-corrected chi connectivity index (χ2v) is 3.75. The molecule has 1 saturated heterocycles. The van der Waals surface area contributed by atoms with Crippen LogP contribution in [0.3, 0.4) is 0 Å². The van der Waals surface area contributed by atoms with Crippen LogP contribution in [0.2, 0.25) is 0 Å². The monoisotopic (exact) mass is 221 g/mol. The van der Waals surface area contributed by atoms with Gasteiger partial charge in [-0.25, -0.2) is 5.43 Å². The third kappa shape index (κ3) is 2.54. The van der Waals surface area contributed by atoms with E-state index in [1.54, 1.807) is 12.4 Å². The Kier molecular flexibility index (Phi) is 3.45. The maximum atomic E-state index is 11.1. The maximum absolute atomic E-state index is 11.1. The van der Waals surface area contributed by atoms with Crippen molar-refractivity contribution < 1.29 is 4.79 Å². The molecule has 0 spiro atoms. The number of aromatic nitrogens is 1. The number of primary amides is 1. The minimum Gasteiger partial charge on any atom is -0.368 e. The Morgan fingerprint density at radius 1 is 1.69 bits per heavy atom. The summed E-state index contributed by atoms with van der Waals surface area (Å²) in [6.45, 7) is 1.35. The number of pyridine rings is 1. The molecule has 5 N–H and O–H groups in total. The SMILES string of the molecule is NC(=O)C1NNCC1NCc1cccnc1. The van der Waals surface area contributed by atoms with Crippen LogP contribution in [-0.2, 0) is 11.3 Å². The number of hydrazine groups is 1. The summed E-state index contributed by atoms with van der Waals surface area (Å²) in [7, 11) is 0. The molecule has 1 aromatic rings. The molecule has 0 aliphatic carbocycles. The van der Waals surface area contributed by atoms with Crippen molar-refractivity contribution in [2.24, 2.45) is 5.73 Å². The third-order valence-electron chi connectivity index (χ3n) is 2.58. The lowest BCUT2D eigenvalue weighted by Gasteiger charge is -2.16. The summed E-state index contributed by atoms with van der Waals surface area (Å²) in [4.78, 5) is 15.1. The summed E-state index contributed by atoms with van der Waals surface area (Å²) < 4.78 is 0. The fraction of sp³-hybridized carbons (Fsp3) is 0.400. The molecule has 1 aliphatic rings. The van der Waals surface area contributed by atoms with Crippen LogP contribution in [-0.4, -0.2) is 29.5 Å². The number of nitrogens with zero attached hydrogens (tertiary/aromatic N) is 1. The van der Waals surface area contributed by atoms with Gasteiger partial charge >= 0.3 is 0 Å². The minimum atomic E-state index is -0.364. The number of nitrogens with two attached hydrogens (primary N) is 1. The highest BCUT2D eigenvalue weighted by Gasteiger charge is 2.30. The van der Waals surface area contributed by atoms with Gasteiger partial charge in [0.1, 0.15) is 6.04 Å². The van der Waals surface area contributed by atoms with Gasteiger partial charge < -0.3 is 11.1 Å². The molecular weight excluding hydrogens is 206 g/mol. The maximum Gasteiger partial charge on any atom is 0.237 e. The number of hydrogen-bond acceptors (Lipinski definition) is 5. The van der Waals surface area contributed by atoms with Crippen molar-refractivity contribution in [1.82, 2.24) is 21.2 Å². The Bertz CT molecular complexity index is 355. The number of amides is 1. The van der Waals surface area contributed by atoms with Crippen LogP contribution in [0.4, 0.5) is 0 Å². The van der Waals surface area contributed by atoms with Crippen LogP contribution in [0.5, 0.6) is 0 Å². The van der Waals surface area contributed by atoms with Crippen LogP contribution in [0.1, 0.15) is 5.56 Å². The first-order chi connectivity index (χ1) is 7.77. The van der Waals surface area contributed by atoms with E-state index in [0.717, 1.165) is 5.56 Å². The highest BCUT2D eigenvalue weighted by molar-refractivity contribution is 5.81. The standard InChI is InChI=1S/C10H15N5O/c11-10(16)9-8(6-14-15-9)13-5-7-2-1-3-12-4-7/h1-4,8-9,13-15H,5-6H2,(H2,11,16). The number of rotatable bonds is 4. The van der Waals surface area contributed by atoms with Gasteiger partial charge in [-0.1, -0.05) is 6.07 Å². The van der Waals surface area contributed by atoms with Crippen LogP contribution in [0.25, 0.3) is 0 Å². The molecule has 16 heavy (non-hydrogen) atoms. The Labute approximate surface area is 93.6 Å². The lowest BCUT2D eigenvalue weighted by molar-refractivity contribution is -0.120. The summed E-state index contributed by atoms with van der Waals surface area (Å²) in [5, 5.41) is 3.26. The first-order valence-corrected chi connectivity index (χ1v) is 5.17. The molecule has 0 radical (unpaired) electrons. The van der Waals surface area contributed by atoms with Crippen LogP contribution < -0.4 is 21.9 Å². The topological polar surface area (TPSA) is 92.1 Å². The third-order valence-corrected chi connectivity index (χ3v) is 2.58. The van der Waals surface area contributed by atoms with E-state index in [9.17, 15) is 4.79 Å². The van der Waals surface area contributed by atoms with Gasteiger partial charge in [-0.15, -0.1) is 0 Å². The van der Waals surface area contributed by atoms with E-state index < -0.39 is 0 Å². The number of hydrogen-bond donors (Lipinski definition) is 4. The highest BCUT2D eigenvalue weighted by Crippen LogP contribution is 2.01. The van der Waals surface area contributed by atoms with E-state index in [4.69, 9.17) is 5.73 Å². The van der Waals surface area contributed by atoms with Crippen molar-refractivity contribution in [3.8, 4) is 0 Å². The second-order valence-electron chi connectivity index (χ2n) is 3.75. The molecule has 2 atom stereocenters. The predicted octanol–water partition coefficient (Wildman–Crippen LogP) is -1.50. The van der Waals surface area contributed by atoms with Gasteiger partial charge in [-0.2, -0.15) is 0 Å². The Balaban J connectivity index is 1.88. The van der Waals surface area contributed by atoms with Gasteiger partial charge in [-0.3, -0.25) is 15.2 Å². The van der Waals surface area contributed by atoms with Gasteiger partial charge in [0.2, 0.25) is 5.91 Å². The minimum absolute atomic E-state index is 0.0118. The Hall–Kier alpha value is -1.50. The van der Waals surface area contributed by atoms with Gasteiger partial charge in [0, 0.05) is 31.5 Å². The molecule has 0 saturated carbocycles. The average molecular weight is 221 g/mol. The van der Waals surface area contributed by atoms with Crippen molar-refractivity contribution in [1.29, 1.82) is 0 Å². The van der Waals surface area contributed by atoms with Crippen molar-refractivity contribution in [2.75, 3.05) is 6.54 Å². The zero-order valence-corrected chi connectivity index (χ0v) is 8.81.